The second-order valence-electron chi connectivity index (χ2n) is 6.61. The molecule has 1 aromatic carbocycles. The van der Waals surface area contributed by atoms with Gasteiger partial charge in [-0.1, -0.05) is 47.5 Å². The zero-order chi connectivity index (χ0) is 21.3. The molecule has 30 heavy (non-hydrogen) atoms. The lowest BCUT2D eigenvalue weighted by atomic mass is 10.1. The molecule has 5 nitrogen and oxygen atoms in total. The molecular formula is C20H16Cl2N2O3S3. The number of benzene rings is 1. The topological polar surface area (TPSA) is 67.3 Å². The zero-order valence-electron chi connectivity index (χ0n) is 15.5. The van der Waals surface area contributed by atoms with Crippen molar-refractivity contribution in [1.29, 1.82) is 0 Å². The Kier molecular flexibility index (Phi) is 6.43. The number of carbonyl (C=O) groups excluding carboxylic acids is 1. The number of Topliss-reactive ketones (excluding diaryl/α,β-unsaturated/α-hetero) is 1. The maximum atomic E-state index is 12.9. The third-order valence-corrected chi connectivity index (χ3v) is 9.34. The Labute approximate surface area is 192 Å². The summed E-state index contributed by atoms with van der Waals surface area (Å²) >= 11 is 14.3. The van der Waals surface area contributed by atoms with Crippen molar-refractivity contribution < 1.29 is 13.2 Å². The molecule has 3 aromatic rings. The Balaban J connectivity index is 1.42. The Bertz CT molecular complexity index is 1200. The van der Waals surface area contributed by atoms with Crippen LogP contribution < -0.4 is 0 Å². The van der Waals surface area contributed by atoms with Crippen LogP contribution in [0.15, 0.2) is 58.1 Å². The average molecular weight is 499 g/mol. The summed E-state index contributed by atoms with van der Waals surface area (Å²) in [5.74, 6) is -0.154. The number of carbonyl (C=O) groups is 1. The lowest BCUT2D eigenvalue weighted by molar-refractivity contribution is -0.121. The predicted octanol–water partition coefficient (Wildman–Crippen LogP) is 5.31. The first-order valence-electron chi connectivity index (χ1n) is 9.01. The first-order valence-corrected chi connectivity index (χ1v) is 12.9. The molecule has 0 unspecified atom stereocenters. The van der Waals surface area contributed by atoms with E-state index in [9.17, 15) is 13.2 Å². The SMILES string of the molecule is O=C(CCc1nc(-c2ccc(Cl)cc2)cs1)[C@@H]1C=CCN1S(=O)(=O)c1ccc(Cl)s1. The first-order chi connectivity index (χ1) is 14.3. The van der Waals surface area contributed by atoms with Crippen molar-refractivity contribution in [2.45, 2.75) is 23.1 Å². The van der Waals surface area contributed by atoms with Gasteiger partial charge in [0.2, 0.25) is 0 Å². The normalized spacial score (nSPS) is 16.9. The van der Waals surface area contributed by atoms with Crippen LogP contribution in [-0.2, 0) is 21.2 Å². The summed E-state index contributed by atoms with van der Waals surface area (Å²) in [5, 5.41) is 3.43. The third kappa shape index (κ3) is 4.54. The molecule has 0 N–H and O–H groups in total. The van der Waals surface area contributed by atoms with Gasteiger partial charge in [-0.3, -0.25) is 4.79 Å². The van der Waals surface area contributed by atoms with Crippen LogP contribution in [0, 0.1) is 0 Å². The number of hydrogen-bond acceptors (Lipinski definition) is 6. The smallest absolute Gasteiger partial charge is 0.253 e. The molecule has 156 valence electrons. The number of nitrogens with zero attached hydrogens (tertiary/aromatic N) is 2. The molecule has 0 saturated carbocycles. The molecule has 1 aliphatic rings. The van der Waals surface area contributed by atoms with E-state index in [4.69, 9.17) is 23.2 Å². The quantitative estimate of drug-likeness (QED) is 0.414. The van der Waals surface area contributed by atoms with Crippen LogP contribution >= 0.6 is 45.9 Å². The van der Waals surface area contributed by atoms with Crippen LogP contribution in [-0.4, -0.2) is 36.1 Å². The molecular weight excluding hydrogens is 483 g/mol. The summed E-state index contributed by atoms with van der Waals surface area (Å²) in [5.41, 5.74) is 1.79. The summed E-state index contributed by atoms with van der Waals surface area (Å²) in [6, 6.07) is 9.62. The molecule has 2 aromatic heterocycles. The predicted molar refractivity (Wildman–Crippen MR) is 122 cm³/mol. The highest BCUT2D eigenvalue weighted by molar-refractivity contribution is 7.91. The van der Waals surface area contributed by atoms with E-state index >= 15 is 0 Å². The van der Waals surface area contributed by atoms with E-state index in [1.54, 1.807) is 18.2 Å². The number of halogens is 2. The molecule has 1 aliphatic heterocycles. The Morgan fingerprint density at radius 1 is 1.17 bits per heavy atom. The lowest BCUT2D eigenvalue weighted by Crippen LogP contribution is -2.40. The van der Waals surface area contributed by atoms with Crippen molar-refractivity contribution in [3.8, 4) is 11.3 Å². The largest absolute Gasteiger partial charge is 0.298 e. The molecule has 0 aliphatic carbocycles. The van der Waals surface area contributed by atoms with Crippen molar-refractivity contribution in [1.82, 2.24) is 9.29 Å². The van der Waals surface area contributed by atoms with Gasteiger partial charge in [-0.15, -0.1) is 22.7 Å². The van der Waals surface area contributed by atoms with Crippen molar-refractivity contribution in [3.05, 3.63) is 68.3 Å². The van der Waals surface area contributed by atoms with Gasteiger partial charge >= 0.3 is 0 Å². The van der Waals surface area contributed by atoms with E-state index in [1.807, 2.05) is 29.6 Å². The Morgan fingerprint density at radius 3 is 2.63 bits per heavy atom. The first kappa shape index (κ1) is 21.7. The second kappa shape index (κ2) is 8.90. The van der Waals surface area contributed by atoms with Crippen molar-refractivity contribution in [3.63, 3.8) is 0 Å². The molecule has 0 radical (unpaired) electrons. The van der Waals surface area contributed by atoms with Crippen LogP contribution in [0.3, 0.4) is 0 Å². The van der Waals surface area contributed by atoms with Crippen molar-refractivity contribution >= 4 is 61.7 Å². The Morgan fingerprint density at radius 2 is 1.93 bits per heavy atom. The van der Waals surface area contributed by atoms with E-state index in [2.05, 4.69) is 4.98 Å². The van der Waals surface area contributed by atoms with Gasteiger partial charge < -0.3 is 0 Å². The number of rotatable bonds is 7. The van der Waals surface area contributed by atoms with Gasteiger partial charge in [0.15, 0.2) is 5.78 Å². The summed E-state index contributed by atoms with van der Waals surface area (Å²) in [4.78, 5) is 17.4. The maximum absolute atomic E-state index is 12.9. The van der Waals surface area contributed by atoms with Crippen LogP contribution in [0.25, 0.3) is 11.3 Å². The summed E-state index contributed by atoms with van der Waals surface area (Å²) in [7, 11) is -3.77. The zero-order valence-corrected chi connectivity index (χ0v) is 19.5. The van der Waals surface area contributed by atoms with Crippen LogP contribution in [0.2, 0.25) is 9.36 Å². The standard InChI is InChI=1S/C20H16Cl2N2O3S3/c21-14-5-3-13(4-6-14)15-12-28-19(23-15)9-7-17(25)16-2-1-11-24(16)30(26,27)20-10-8-18(22)29-20/h1-6,8,10,12,16H,7,9,11H2/t16-/m0/s1. The monoisotopic (exact) mass is 498 g/mol. The lowest BCUT2D eigenvalue weighted by Gasteiger charge is -2.22. The molecule has 10 heteroatoms. The highest BCUT2D eigenvalue weighted by Crippen LogP contribution is 2.31. The molecule has 4 rings (SSSR count). The summed E-state index contributed by atoms with van der Waals surface area (Å²) < 4.78 is 27.5. The van der Waals surface area contributed by atoms with E-state index in [0.29, 0.717) is 15.8 Å². The van der Waals surface area contributed by atoms with Gasteiger partial charge in [-0.25, -0.2) is 13.4 Å². The number of thiophene rings is 1. The number of aromatic nitrogens is 1. The van der Waals surface area contributed by atoms with Gasteiger partial charge in [0.1, 0.15) is 10.3 Å². The van der Waals surface area contributed by atoms with E-state index in [0.717, 1.165) is 27.6 Å². The number of aryl methyl sites for hydroxylation is 1. The van der Waals surface area contributed by atoms with E-state index in [-0.39, 0.29) is 23.0 Å². The molecule has 3 heterocycles. The van der Waals surface area contributed by atoms with E-state index < -0.39 is 16.1 Å². The number of ketones is 1. The number of sulfonamides is 1. The van der Waals surface area contributed by atoms with E-state index in [1.165, 1.54) is 21.7 Å². The summed E-state index contributed by atoms with van der Waals surface area (Å²) in [6.07, 6.45) is 4.02. The third-order valence-electron chi connectivity index (χ3n) is 4.63. The number of thiazole rings is 1. The van der Waals surface area contributed by atoms with Crippen molar-refractivity contribution in [2.75, 3.05) is 6.54 Å². The molecule has 0 amide bonds. The molecule has 1 atom stereocenters. The molecule has 0 fully saturated rings. The Hall–Kier alpha value is -1.55. The second-order valence-corrected chi connectivity index (χ2v) is 11.8. The maximum Gasteiger partial charge on any atom is 0.253 e. The van der Waals surface area contributed by atoms with Gasteiger partial charge in [0.25, 0.3) is 10.0 Å². The van der Waals surface area contributed by atoms with Gasteiger partial charge in [-0.2, -0.15) is 4.31 Å². The fourth-order valence-corrected chi connectivity index (χ4v) is 7.19. The van der Waals surface area contributed by atoms with Crippen molar-refractivity contribution in [2.24, 2.45) is 0 Å². The minimum Gasteiger partial charge on any atom is -0.298 e. The minimum absolute atomic E-state index is 0.140. The van der Waals surface area contributed by atoms with Crippen LogP contribution in [0.5, 0.6) is 0 Å². The van der Waals surface area contributed by atoms with Crippen LogP contribution in [0.1, 0.15) is 11.4 Å². The van der Waals surface area contributed by atoms with Crippen LogP contribution in [0.4, 0.5) is 0 Å². The number of hydrogen-bond donors (Lipinski definition) is 0. The van der Waals surface area contributed by atoms with Gasteiger partial charge in [0, 0.05) is 35.4 Å². The molecule has 0 bridgehead atoms. The fraction of sp³-hybridized carbons (Fsp3) is 0.200. The fourth-order valence-electron chi connectivity index (χ4n) is 3.13. The molecule has 0 saturated heterocycles. The highest BCUT2D eigenvalue weighted by atomic mass is 35.5. The highest BCUT2D eigenvalue weighted by Gasteiger charge is 2.36. The molecule has 0 spiro atoms. The summed E-state index contributed by atoms with van der Waals surface area (Å²) in [6.45, 7) is 0.173. The van der Waals surface area contributed by atoms with Gasteiger partial charge in [0.05, 0.1) is 15.0 Å². The minimum atomic E-state index is -3.77. The van der Waals surface area contributed by atoms with Gasteiger partial charge in [-0.05, 0) is 24.3 Å². The average Bonchev–Trinajstić information content (AvgIpc) is 3.47.